The highest BCUT2D eigenvalue weighted by molar-refractivity contribution is 5.98. The summed E-state index contributed by atoms with van der Waals surface area (Å²) in [6, 6.07) is 0. The maximum absolute atomic E-state index is 11.7. The fourth-order valence-corrected chi connectivity index (χ4v) is 1.79. The molecule has 0 spiro atoms. The minimum Gasteiger partial charge on any atom is -0.341 e. The monoisotopic (exact) mass is 194 g/mol. The fraction of sp³-hybridized carbons (Fsp3) is 0.556. The average molecular weight is 194 g/mol. The Hall–Kier alpha value is -1.52. The van der Waals surface area contributed by atoms with Crippen LogP contribution in [0.2, 0.25) is 0 Å². The van der Waals surface area contributed by atoms with E-state index >= 15 is 0 Å². The molecule has 0 aromatic carbocycles. The van der Waals surface area contributed by atoms with Gasteiger partial charge in [-0.15, -0.1) is 0 Å². The number of carbonyl (C=O) groups excluding carboxylic acids is 1. The van der Waals surface area contributed by atoms with Crippen LogP contribution < -0.4 is 4.90 Å². The smallest absolute Gasteiger partial charge is 0.277 e. The molecular weight excluding hydrogens is 180 g/mol. The lowest BCUT2D eigenvalue weighted by Crippen LogP contribution is -2.43. The quantitative estimate of drug-likeness (QED) is 0.649. The van der Waals surface area contributed by atoms with Crippen LogP contribution in [0.1, 0.15) is 17.4 Å². The topological polar surface area (TPSA) is 41.4 Å². The second kappa shape index (κ2) is 3.01. The van der Waals surface area contributed by atoms with Crippen LogP contribution in [0.25, 0.3) is 0 Å². The number of imidazole rings is 1. The highest BCUT2D eigenvalue weighted by atomic mass is 16.2. The molecule has 0 radical (unpaired) electrons. The Morgan fingerprint density at radius 1 is 1.43 bits per heavy atom. The van der Waals surface area contributed by atoms with Gasteiger partial charge >= 0.3 is 0 Å². The molecule has 1 aromatic rings. The van der Waals surface area contributed by atoms with Gasteiger partial charge in [-0.1, -0.05) is 0 Å². The molecule has 1 amide bonds. The third-order valence-corrected chi connectivity index (χ3v) is 2.49. The molecule has 2 heterocycles. The summed E-state index contributed by atoms with van der Waals surface area (Å²) < 4.78 is 1.99. The van der Waals surface area contributed by atoms with Crippen LogP contribution in [0.5, 0.6) is 0 Å². The highest BCUT2D eigenvalue weighted by Gasteiger charge is 2.29. The van der Waals surface area contributed by atoms with Crippen molar-refractivity contribution in [2.75, 3.05) is 25.7 Å². The number of rotatable bonds is 1. The van der Waals surface area contributed by atoms with Crippen molar-refractivity contribution in [1.29, 1.82) is 0 Å². The van der Waals surface area contributed by atoms with Gasteiger partial charge < -0.3 is 14.4 Å². The second-order valence-electron chi connectivity index (χ2n) is 3.55. The zero-order chi connectivity index (χ0) is 10.3. The predicted octanol–water partition coefficient (Wildman–Crippen LogP) is 0.382. The number of anilines is 1. The zero-order valence-electron chi connectivity index (χ0n) is 8.69. The minimum atomic E-state index is 0.00491. The number of fused-ring (bicyclic) bond motifs is 1. The van der Waals surface area contributed by atoms with E-state index in [1.165, 1.54) is 0 Å². The third kappa shape index (κ3) is 1.08. The summed E-state index contributed by atoms with van der Waals surface area (Å²) in [5.41, 5.74) is 0.558. The summed E-state index contributed by atoms with van der Waals surface area (Å²) in [7, 11) is 3.75. The number of aromatic nitrogens is 2. The first-order valence-electron chi connectivity index (χ1n) is 4.67. The number of carbonyl (C=O) groups is 1. The van der Waals surface area contributed by atoms with Gasteiger partial charge in [0.1, 0.15) is 5.82 Å². The fourth-order valence-electron chi connectivity index (χ4n) is 1.79. The van der Waals surface area contributed by atoms with E-state index in [9.17, 15) is 4.79 Å². The molecule has 0 fully saturated rings. The summed E-state index contributed by atoms with van der Waals surface area (Å²) >= 11 is 0. The molecule has 0 bridgehead atoms. The lowest BCUT2D eigenvalue weighted by Gasteiger charge is -2.31. The minimum absolute atomic E-state index is 0.00491. The average Bonchev–Trinajstić information content (AvgIpc) is 2.58. The molecule has 0 unspecified atom stereocenters. The van der Waals surface area contributed by atoms with Gasteiger partial charge in [-0.05, 0) is 6.92 Å². The van der Waals surface area contributed by atoms with Gasteiger partial charge in [0.15, 0.2) is 5.69 Å². The third-order valence-electron chi connectivity index (χ3n) is 2.49. The number of amides is 1. The van der Waals surface area contributed by atoms with E-state index in [2.05, 4.69) is 4.98 Å². The summed E-state index contributed by atoms with van der Waals surface area (Å²) in [5, 5.41) is 0. The van der Waals surface area contributed by atoms with Crippen LogP contribution in [0.15, 0.2) is 6.33 Å². The standard InChI is InChI=1S/C9H14N4O/c1-4-13-5-10-7-8(13)11(2)6-12(3)9(7)14/h5H,4,6H2,1-3H3. The van der Waals surface area contributed by atoms with Crippen molar-refractivity contribution in [2.24, 2.45) is 0 Å². The molecule has 0 saturated heterocycles. The van der Waals surface area contributed by atoms with Crippen molar-refractivity contribution in [3.8, 4) is 0 Å². The summed E-state index contributed by atoms with van der Waals surface area (Å²) in [5.74, 6) is 0.931. The van der Waals surface area contributed by atoms with Gasteiger partial charge in [0, 0.05) is 20.6 Å². The second-order valence-corrected chi connectivity index (χ2v) is 3.55. The summed E-state index contributed by atoms with van der Waals surface area (Å²) in [6.07, 6.45) is 1.72. The summed E-state index contributed by atoms with van der Waals surface area (Å²) in [4.78, 5) is 19.6. The van der Waals surface area contributed by atoms with E-state index in [0.717, 1.165) is 12.4 Å². The molecule has 1 aliphatic heterocycles. The Bertz CT molecular complexity index is 371. The molecule has 1 aliphatic rings. The lowest BCUT2D eigenvalue weighted by atomic mass is 10.3. The maximum atomic E-state index is 11.7. The van der Waals surface area contributed by atoms with Crippen LogP contribution in [0.3, 0.4) is 0 Å². The molecule has 2 rings (SSSR count). The van der Waals surface area contributed by atoms with Crippen molar-refractivity contribution >= 4 is 11.7 Å². The Morgan fingerprint density at radius 3 is 2.79 bits per heavy atom. The van der Waals surface area contributed by atoms with Crippen molar-refractivity contribution in [1.82, 2.24) is 14.5 Å². The van der Waals surface area contributed by atoms with E-state index in [0.29, 0.717) is 12.4 Å². The molecule has 5 heteroatoms. The molecule has 76 valence electrons. The van der Waals surface area contributed by atoms with Crippen LogP contribution in [-0.4, -0.2) is 41.1 Å². The van der Waals surface area contributed by atoms with Crippen molar-refractivity contribution < 1.29 is 4.79 Å². The Kier molecular flexibility index (Phi) is 1.94. The number of aryl methyl sites for hydroxylation is 1. The van der Waals surface area contributed by atoms with E-state index < -0.39 is 0 Å². The molecule has 0 aliphatic carbocycles. The lowest BCUT2D eigenvalue weighted by molar-refractivity contribution is 0.0778. The number of hydrogen-bond donors (Lipinski definition) is 0. The summed E-state index contributed by atoms with van der Waals surface area (Å²) in [6.45, 7) is 3.50. The van der Waals surface area contributed by atoms with Gasteiger partial charge in [-0.25, -0.2) is 4.98 Å². The van der Waals surface area contributed by atoms with Gasteiger partial charge in [0.25, 0.3) is 5.91 Å². The first-order valence-corrected chi connectivity index (χ1v) is 4.67. The van der Waals surface area contributed by atoms with E-state index in [1.54, 1.807) is 18.3 Å². The number of nitrogens with zero attached hydrogens (tertiary/aromatic N) is 4. The van der Waals surface area contributed by atoms with E-state index in [-0.39, 0.29) is 5.91 Å². The van der Waals surface area contributed by atoms with Gasteiger partial charge in [-0.2, -0.15) is 0 Å². The normalized spacial score (nSPS) is 16.1. The Morgan fingerprint density at radius 2 is 2.14 bits per heavy atom. The van der Waals surface area contributed by atoms with Gasteiger partial charge in [0.2, 0.25) is 0 Å². The molecular formula is C9H14N4O. The maximum Gasteiger partial charge on any atom is 0.277 e. The highest BCUT2D eigenvalue weighted by Crippen LogP contribution is 2.24. The zero-order valence-corrected chi connectivity index (χ0v) is 8.69. The SMILES string of the molecule is CCn1cnc2c1N(C)CN(C)C2=O. The van der Waals surface area contributed by atoms with E-state index in [1.807, 2.05) is 23.4 Å². The predicted molar refractivity (Wildman–Crippen MR) is 53.3 cm³/mol. The first kappa shape index (κ1) is 9.05. The Balaban J connectivity index is 2.52. The molecule has 0 saturated carbocycles. The number of hydrogen-bond acceptors (Lipinski definition) is 3. The first-order chi connectivity index (χ1) is 6.65. The van der Waals surface area contributed by atoms with Crippen LogP contribution in [0, 0.1) is 0 Å². The molecule has 0 N–H and O–H groups in total. The molecule has 0 atom stereocenters. The Labute approximate surface area is 82.9 Å². The largest absolute Gasteiger partial charge is 0.341 e. The van der Waals surface area contributed by atoms with Gasteiger partial charge in [0.05, 0.1) is 13.0 Å². The molecule has 14 heavy (non-hydrogen) atoms. The van der Waals surface area contributed by atoms with E-state index in [4.69, 9.17) is 0 Å². The molecule has 5 nitrogen and oxygen atoms in total. The van der Waals surface area contributed by atoms with Crippen molar-refractivity contribution in [3.63, 3.8) is 0 Å². The van der Waals surface area contributed by atoms with Crippen molar-refractivity contribution in [2.45, 2.75) is 13.5 Å². The van der Waals surface area contributed by atoms with Crippen LogP contribution >= 0.6 is 0 Å². The van der Waals surface area contributed by atoms with Crippen LogP contribution in [0.4, 0.5) is 5.82 Å². The van der Waals surface area contributed by atoms with Crippen molar-refractivity contribution in [3.05, 3.63) is 12.0 Å². The molecule has 1 aromatic heterocycles. The van der Waals surface area contributed by atoms with Gasteiger partial charge in [-0.3, -0.25) is 4.79 Å². The van der Waals surface area contributed by atoms with Crippen LogP contribution in [-0.2, 0) is 6.54 Å².